The third-order valence-corrected chi connectivity index (χ3v) is 4.91. The molecule has 0 atom stereocenters. The lowest BCUT2D eigenvalue weighted by Crippen LogP contribution is -2.48. The van der Waals surface area contributed by atoms with Crippen molar-refractivity contribution < 1.29 is 9.90 Å². The lowest BCUT2D eigenvalue weighted by atomic mass is 9.95. The fourth-order valence-corrected chi connectivity index (χ4v) is 3.74. The van der Waals surface area contributed by atoms with Crippen LogP contribution in [0.1, 0.15) is 18.4 Å². The summed E-state index contributed by atoms with van der Waals surface area (Å²) in [5.41, 5.74) is 0.679. The third kappa shape index (κ3) is 3.18. The number of carbonyl (C=O) groups is 1. The molecule has 3 rings (SSSR count). The van der Waals surface area contributed by atoms with Gasteiger partial charge in [-0.15, -0.1) is 0 Å². The van der Waals surface area contributed by atoms with Crippen molar-refractivity contribution in [2.75, 3.05) is 11.5 Å². The fourth-order valence-electron chi connectivity index (χ4n) is 2.57. The van der Waals surface area contributed by atoms with Crippen LogP contribution in [0.2, 0.25) is 0 Å². The molecule has 2 N–H and O–H groups in total. The predicted molar refractivity (Wildman–Crippen MR) is 86.9 cm³/mol. The van der Waals surface area contributed by atoms with Crippen molar-refractivity contribution >= 4 is 17.7 Å². The van der Waals surface area contributed by atoms with Gasteiger partial charge < -0.3 is 10.4 Å². The first-order valence-electron chi connectivity index (χ1n) is 7.35. The first-order valence-corrected chi connectivity index (χ1v) is 8.51. The molecule has 1 aromatic carbocycles. The molecule has 2 heterocycles. The minimum absolute atomic E-state index is 0.275. The average Bonchev–Trinajstić information content (AvgIpc) is 3.08. The highest BCUT2D eigenvalue weighted by molar-refractivity contribution is 7.99. The summed E-state index contributed by atoms with van der Waals surface area (Å²) in [5, 5.41) is 17.5. The largest absolute Gasteiger partial charge is 0.380 e. The van der Waals surface area contributed by atoms with Crippen molar-refractivity contribution in [1.29, 1.82) is 0 Å². The molecule has 1 aliphatic heterocycles. The molecule has 1 saturated heterocycles. The molecule has 0 spiro atoms. The van der Waals surface area contributed by atoms with Gasteiger partial charge in [-0.25, -0.2) is 4.68 Å². The van der Waals surface area contributed by atoms with E-state index >= 15 is 0 Å². The van der Waals surface area contributed by atoms with E-state index in [1.165, 1.54) is 0 Å². The highest BCUT2D eigenvalue weighted by atomic mass is 32.2. The molecule has 116 valence electrons. The first-order chi connectivity index (χ1) is 10.7. The Labute approximate surface area is 133 Å². The van der Waals surface area contributed by atoms with E-state index < -0.39 is 5.60 Å². The van der Waals surface area contributed by atoms with Crippen LogP contribution in [0.5, 0.6) is 0 Å². The maximum Gasteiger partial charge on any atom is 0.252 e. The van der Waals surface area contributed by atoms with Gasteiger partial charge in [0.2, 0.25) is 0 Å². The predicted octanol–water partition coefficient (Wildman–Crippen LogP) is 1.75. The number of para-hydroxylation sites is 1. The molecule has 6 heteroatoms. The monoisotopic (exact) mass is 317 g/mol. The highest BCUT2D eigenvalue weighted by Gasteiger charge is 2.37. The van der Waals surface area contributed by atoms with Gasteiger partial charge in [0, 0.05) is 18.9 Å². The van der Waals surface area contributed by atoms with E-state index in [1.54, 1.807) is 22.6 Å². The van der Waals surface area contributed by atoms with Crippen LogP contribution >= 0.6 is 11.8 Å². The Balaban J connectivity index is 1.70. The van der Waals surface area contributed by atoms with Gasteiger partial charge in [-0.05, 0) is 42.0 Å². The Morgan fingerprint density at radius 3 is 2.82 bits per heavy atom. The molecule has 1 aliphatic rings. The number of aromatic nitrogens is 2. The molecule has 5 nitrogen and oxygen atoms in total. The molecule has 1 amide bonds. The summed E-state index contributed by atoms with van der Waals surface area (Å²) in [5.74, 6) is 1.38. The third-order valence-electron chi connectivity index (χ3n) is 3.92. The summed E-state index contributed by atoms with van der Waals surface area (Å²) in [4.78, 5) is 12.3. The lowest BCUT2D eigenvalue weighted by molar-refractivity contribution is -0.140. The van der Waals surface area contributed by atoms with E-state index in [0.29, 0.717) is 19.4 Å². The number of rotatable bonds is 4. The van der Waals surface area contributed by atoms with Crippen molar-refractivity contribution in [2.45, 2.75) is 25.0 Å². The summed E-state index contributed by atoms with van der Waals surface area (Å²) >= 11 is 1.78. The first kappa shape index (κ1) is 15.1. The minimum atomic E-state index is -1.22. The van der Waals surface area contributed by atoms with E-state index in [2.05, 4.69) is 10.4 Å². The molecule has 0 unspecified atom stereocenters. The molecule has 1 fully saturated rings. The molecule has 0 saturated carbocycles. The maximum absolute atomic E-state index is 12.3. The van der Waals surface area contributed by atoms with Gasteiger partial charge in [0.1, 0.15) is 5.60 Å². The number of thioether (sulfide) groups is 1. The van der Waals surface area contributed by atoms with E-state index in [0.717, 1.165) is 22.8 Å². The Morgan fingerprint density at radius 2 is 2.09 bits per heavy atom. The standard InChI is InChI=1S/C16H19N3O2S/c20-15(16(21)6-10-22-11-7-16)17-12-13-4-1-2-5-14(13)19-9-3-8-18-19/h1-5,8-9,21H,6-7,10-12H2,(H,17,20). The van der Waals surface area contributed by atoms with Crippen LogP contribution in [-0.2, 0) is 11.3 Å². The number of benzene rings is 1. The number of nitrogens with one attached hydrogen (secondary N) is 1. The number of aliphatic hydroxyl groups is 1. The van der Waals surface area contributed by atoms with Crippen LogP contribution < -0.4 is 5.32 Å². The zero-order valence-corrected chi connectivity index (χ0v) is 13.1. The fraction of sp³-hybridized carbons (Fsp3) is 0.375. The molecule has 0 aliphatic carbocycles. The van der Waals surface area contributed by atoms with E-state index in [9.17, 15) is 9.90 Å². The molecule has 2 aromatic rings. The van der Waals surface area contributed by atoms with Crippen LogP contribution in [0.3, 0.4) is 0 Å². The van der Waals surface area contributed by atoms with Gasteiger partial charge in [-0.3, -0.25) is 4.79 Å². The van der Waals surface area contributed by atoms with Gasteiger partial charge in [0.15, 0.2) is 0 Å². The smallest absolute Gasteiger partial charge is 0.252 e. The Morgan fingerprint density at radius 1 is 1.32 bits per heavy atom. The summed E-state index contributed by atoms with van der Waals surface area (Å²) in [6, 6.07) is 9.64. The average molecular weight is 317 g/mol. The summed E-state index contributed by atoms with van der Waals surface area (Å²) in [7, 11) is 0. The Kier molecular flexibility index (Phi) is 4.49. The van der Waals surface area contributed by atoms with Crippen molar-refractivity contribution in [2.24, 2.45) is 0 Å². The minimum Gasteiger partial charge on any atom is -0.380 e. The van der Waals surface area contributed by atoms with Crippen molar-refractivity contribution in [3.05, 3.63) is 48.3 Å². The van der Waals surface area contributed by atoms with Crippen LogP contribution in [0, 0.1) is 0 Å². The van der Waals surface area contributed by atoms with Crippen LogP contribution in [0.4, 0.5) is 0 Å². The van der Waals surface area contributed by atoms with Gasteiger partial charge in [-0.2, -0.15) is 16.9 Å². The number of amides is 1. The summed E-state index contributed by atoms with van der Waals surface area (Å²) in [6.45, 7) is 0.379. The van der Waals surface area contributed by atoms with Crippen LogP contribution in [-0.4, -0.2) is 37.9 Å². The van der Waals surface area contributed by atoms with E-state index in [4.69, 9.17) is 0 Å². The van der Waals surface area contributed by atoms with Crippen LogP contribution in [0.15, 0.2) is 42.7 Å². The highest BCUT2D eigenvalue weighted by Crippen LogP contribution is 2.27. The van der Waals surface area contributed by atoms with Crippen LogP contribution in [0.25, 0.3) is 5.69 Å². The molecule has 0 radical (unpaired) electrons. The van der Waals surface area contributed by atoms with Crippen molar-refractivity contribution in [1.82, 2.24) is 15.1 Å². The number of carbonyl (C=O) groups excluding carboxylic acids is 1. The summed E-state index contributed by atoms with van der Waals surface area (Å²) in [6.07, 6.45) is 4.62. The molecule has 0 bridgehead atoms. The number of hydrogen-bond donors (Lipinski definition) is 2. The second-order valence-corrected chi connectivity index (χ2v) is 6.63. The van der Waals surface area contributed by atoms with Gasteiger partial charge in [0.05, 0.1) is 5.69 Å². The van der Waals surface area contributed by atoms with Gasteiger partial charge in [-0.1, -0.05) is 18.2 Å². The van der Waals surface area contributed by atoms with E-state index in [1.807, 2.05) is 36.5 Å². The second kappa shape index (κ2) is 6.54. The molecular weight excluding hydrogens is 298 g/mol. The lowest BCUT2D eigenvalue weighted by Gasteiger charge is -2.30. The van der Waals surface area contributed by atoms with Crippen molar-refractivity contribution in [3.63, 3.8) is 0 Å². The zero-order valence-electron chi connectivity index (χ0n) is 12.2. The maximum atomic E-state index is 12.3. The van der Waals surface area contributed by atoms with Gasteiger partial charge >= 0.3 is 0 Å². The van der Waals surface area contributed by atoms with Gasteiger partial charge in [0.25, 0.3) is 5.91 Å². The number of nitrogens with zero attached hydrogens (tertiary/aromatic N) is 2. The number of hydrogen-bond acceptors (Lipinski definition) is 4. The zero-order chi connectivity index (χ0) is 15.4. The SMILES string of the molecule is O=C(NCc1ccccc1-n1cccn1)C1(O)CCSCC1. The topological polar surface area (TPSA) is 67.2 Å². The normalized spacial score (nSPS) is 17.1. The Hall–Kier alpha value is -1.79. The summed E-state index contributed by atoms with van der Waals surface area (Å²) < 4.78 is 1.77. The molecule has 22 heavy (non-hydrogen) atoms. The Bertz CT molecular complexity index is 637. The van der Waals surface area contributed by atoms with Crippen molar-refractivity contribution in [3.8, 4) is 5.69 Å². The molecule has 1 aromatic heterocycles. The second-order valence-electron chi connectivity index (χ2n) is 5.41. The molecular formula is C16H19N3O2S. The van der Waals surface area contributed by atoms with E-state index in [-0.39, 0.29) is 5.91 Å². The quantitative estimate of drug-likeness (QED) is 0.901.